The Bertz CT molecular complexity index is 934. The summed E-state index contributed by atoms with van der Waals surface area (Å²) in [7, 11) is 0. The minimum Gasteiger partial charge on any atom is -0.494 e. The molecular formula is C29H38F2O. The summed E-state index contributed by atoms with van der Waals surface area (Å²) in [5.74, 6) is 2.09. The molecule has 2 aliphatic carbocycles. The first-order valence-electron chi connectivity index (χ1n) is 12.7. The summed E-state index contributed by atoms with van der Waals surface area (Å²) in [6, 6.07) is 7.17. The summed E-state index contributed by atoms with van der Waals surface area (Å²) in [5, 5.41) is 1.06. The lowest BCUT2D eigenvalue weighted by atomic mass is 9.67. The topological polar surface area (TPSA) is 9.23 Å². The lowest BCUT2D eigenvalue weighted by Crippen LogP contribution is -2.27. The summed E-state index contributed by atoms with van der Waals surface area (Å²) in [4.78, 5) is 0. The Hall–Kier alpha value is -1.90. The third-order valence-electron chi connectivity index (χ3n) is 8.29. The van der Waals surface area contributed by atoms with Crippen molar-refractivity contribution in [3.8, 4) is 5.75 Å². The van der Waals surface area contributed by atoms with Crippen LogP contribution in [-0.4, -0.2) is 6.61 Å². The van der Waals surface area contributed by atoms with Crippen LogP contribution in [-0.2, 0) is 0 Å². The molecule has 32 heavy (non-hydrogen) atoms. The van der Waals surface area contributed by atoms with E-state index in [2.05, 4.69) is 26.0 Å². The summed E-state index contributed by atoms with van der Waals surface area (Å²) < 4.78 is 35.5. The molecule has 0 aliphatic heterocycles. The van der Waals surface area contributed by atoms with E-state index in [1.165, 1.54) is 38.5 Å². The van der Waals surface area contributed by atoms with Gasteiger partial charge in [-0.2, -0.15) is 0 Å². The van der Waals surface area contributed by atoms with Crippen LogP contribution in [0.2, 0.25) is 0 Å². The summed E-state index contributed by atoms with van der Waals surface area (Å²) in [5.41, 5.74) is 0.537. The lowest BCUT2D eigenvalue weighted by Gasteiger charge is -2.39. The minimum absolute atomic E-state index is 0.0341. The van der Waals surface area contributed by atoms with E-state index in [9.17, 15) is 4.39 Å². The molecule has 3 heteroatoms. The van der Waals surface area contributed by atoms with Crippen molar-refractivity contribution in [2.75, 3.05) is 6.61 Å². The van der Waals surface area contributed by atoms with Gasteiger partial charge >= 0.3 is 0 Å². The second-order valence-electron chi connectivity index (χ2n) is 10.1. The highest BCUT2D eigenvalue weighted by atomic mass is 19.2. The highest BCUT2D eigenvalue weighted by molar-refractivity contribution is 5.85. The molecule has 0 N–H and O–H groups in total. The molecule has 2 fully saturated rings. The van der Waals surface area contributed by atoms with Crippen LogP contribution in [0.15, 0.2) is 36.4 Å². The smallest absolute Gasteiger partial charge is 0.167 e. The second kappa shape index (κ2) is 10.4. The molecule has 0 saturated heterocycles. The van der Waals surface area contributed by atoms with Crippen LogP contribution >= 0.6 is 0 Å². The number of hydrogen-bond donors (Lipinski definition) is 0. The SMILES string of the molecule is C/C=C/C1CCC(C2CCC(C(C)c3cc4ccc(OCC)cc4c(F)c3F)CC2)CC1. The first-order chi connectivity index (χ1) is 15.5. The molecule has 0 radical (unpaired) electrons. The van der Waals surface area contributed by atoms with Crippen molar-refractivity contribution in [2.45, 2.75) is 78.1 Å². The van der Waals surface area contributed by atoms with Gasteiger partial charge in [0.2, 0.25) is 0 Å². The van der Waals surface area contributed by atoms with Gasteiger partial charge in [0.05, 0.1) is 6.61 Å². The molecule has 2 aliphatic rings. The number of allylic oxidation sites excluding steroid dienone is 2. The van der Waals surface area contributed by atoms with Gasteiger partial charge in [0.25, 0.3) is 0 Å². The predicted octanol–water partition coefficient (Wildman–Crippen LogP) is 8.81. The monoisotopic (exact) mass is 440 g/mol. The number of hydrogen-bond acceptors (Lipinski definition) is 1. The molecule has 0 bridgehead atoms. The van der Waals surface area contributed by atoms with Gasteiger partial charge in [0.1, 0.15) is 5.75 Å². The highest BCUT2D eigenvalue weighted by Gasteiger charge is 2.33. The van der Waals surface area contributed by atoms with Crippen molar-refractivity contribution in [3.05, 3.63) is 53.6 Å². The van der Waals surface area contributed by atoms with E-state index in [0.717, 1.165) is 36.0 Å². The van der Waals surface area contributed by atoms with Gasteiger partial charge in [-0.1, -0.05) is 25.1 Å². The molecule has 0 amide bonds. The van der Waals surface area contributed by atoms with Crippen molar-refractivity contribution < 1.29 is 13.5 Å². The van der Waals surface area contributed by atoms with Crippen LogP contribution < -0.4 is 4.74 Å². The second-order valence-corrected chi connectivity index (χ2v) is 10.1. The van der Waals surface area contributed by atoms with E-state index in [4.69, 9.17) is 4.74 Å². The molecule has 1 atom stereocenters. The maximum absolute atomic E-state index is 15.1. The predicted molar refractivity (Wildman–Crippen MR) is 129 cm³/mol. The first-order valence-corrected chi connectivity index (χ1v) is 12.7. The van der Waals surface area contributed by atoms with Crippen LogP contribution in [0, 0.1) is 35.3 Å². The largest absolute Gasteiger partial charge is 0.494 e. The summed E-state index contributed by atoms with van der Waals surface area (Å²) in [6.07, 6.45) is 14.7. The van der Waals surface area contributed by atoms with Crippen LogP contribution in [0.3, 0.4) is 0 Å². The van der Waals surface area contributed by atoms with Crippen molar-refractivity contribution in [1.29, 1.82) is 0 Å². The van der Waals surface area contributed by atoms with E-state index in [1.54, 1.807) is 6.07 Å². The molecule has 0 heterocycles. The molecule has 2 aromatic rings. The van der Waals surface area contributed by atoms with Crippen molar-refractivity contribution in [1.82, 2.24) is 0 Å². The molecule has 4 rings (SSSR count). The quantitative estimate of drug-likeness (QED) is 0.408. The molecule has 174 valence electrons. The van der Waals surface area contributed by atoms with E-state index >= 15 is 4.39 Å². The van der Waals surface area contributed by atoms with Crippen molar-refractivity contribution in [3.63, 3.8) is 0 Å². The van der Waals surface area contributed by atoms with Gasteiger partial charge in [0.15, 0.2) is 11.6 Å². The van der Waals surface area contributed by atoms with Crippen molar-refractivity contribution >= 4 is 10.8 Å². The van der Waals surface area contributed by atoms with Crippen LogP contribution in [0.1, 0.15) is 83.6 Å². The van der Waals surface area contributed by atoms with Gasteiger partial charge in [0, 0.05) is 5.39 Å². The molecule has 1 unspecified atom stereocenters. The maximum atomic E-state index is 15.1. The van der Waals surface area contributed by atoms with Gasteiger partial charge in [-0.25, -0.2) is 8.78 Å². The summed E-state index contributed by atoms with van der Waals surface area (Å²) in [6.45, 7) is 6.60. The molecule has 1 nitrogen and oxygen atoms in total. The fourth-order valence-corrected chi connectivity index (χ4v) is 6.37. The third-order valence-corrected chi connectivity index (χ3v) is 8.29. The van der Waals surface area contributed by atoms with Gasteiger partial charge < -0.3 is 4.74 Å². The first kappa shape index (κ1) is 23.3. The van der Waals surface area contributed by atoms with E-state index < -0.39 is 11.6 Å². The van der Waals surface area contributed by atoms with Gasteiger partial charge in [-0.3, -0.25) is 0 Å². The summed E-state index contributed by atoms with van der Waals surface area (Å²) >= 11 is 0. The zero-order valence-electron chi connectivity index (χ0n) is 19.9. The highest BCUT2D eigenvalue weighted by Crippen LogP contribution is 2.45. The standard InChI is InChI=1S/C29H38F2O/c1-4-6-20-7-9-22(10-8-20)23-13-11-21(12-14-23)19(3)26-17-24-15-16-25(32-5-2)18-27(24)29(31)28(26)30/h4,6,15-23H,5,7-14H2,1-3H3/b6-4+. The Morgan fingerprint density at radius 1 is 0.938 bits per heavy atom. The molecular weight excluding hydrogens is 402 g/mol. The minimum atomic E-state index is -0.738. The Morgan fingerprint density at radius 2 is 1.59 bits per heavy atom. The number of ether oxygens (including phenoxy) is 1. The molecule has 0 aromatic heterocycles. The van der Waals surface area contributed by atoms with Crippen LogP contribution in [0.4, 0.5) is 8.78 Å². The average molecular weight is 441 g/mol. The number of rotatable bonds is 6. The Balaban J connectivity index is 1.42. The Kier molecular flexibility index (Phi) is 7.53. The fourth-order valence-electron chi connectivity index (χ4n) is 6.37. The van der Waals surface area contributed by atoms with Gasteiger partial charge in [-0.05, 0) is 124 Å². The molecule has 0 spiro atoms. The lowest BCUT2D eigenvalue weighted by molar-refractivity contribution is 0.147. The zero-order chi connectivity index (χ0) is 22.7. The number of halogens is 2. The van der Waals surface area contributed by atoms with E-state index in [0.29, 0.717) is 29.2 Å². The van der Waals surface area contributed by atoms with Crippen molar-refractivity contribution in [2.24, 2.45) is 23.7 Å². The Morgan fingerprint density at radius 3 is 2.22 bits per heavy atom. The molecule has 2 saturated carbocycles. The third kappa shape index (κ3) is 4.87. The average Bonchev–Trinajstić information content (AvgIpc) is 2.82. The number of fused-ring (bicyclic) bond motifs is 1. The van der Waals surface area contributed by atoms with Gasteiger partial charge in [-0.15, -0.1) is 0 Å². The molecule has 2 aromatic carbocycles. The van der Waals surface area contributed by atoms with E-state index in [-0.39, 0.29) is 5.92 Å². The van der Waals surface area contributed by atoms with E-state index in [1.807, 2.05) is 25.1 Å². The fraction of sp³-hybridized carbons (Fsp3) is 0.586. The van der Waals surface area contributed by atoms with Crippen LogP contribution in [0.5, 0.6) is 5.75 Å². The Labute approximate surface area is 192 Å². The number of benzene rings is 2. The van der Waals surface area contributed by atoms with Crippen LogP contribution in [0.25, 0.3) is 10.8 Å². The maximum Gasteiger partial charge on any atom is 0.167 e. The zero-order valence-corrected chi connectivity index (χ0v) is 19.9. The normalized spacial score (nSPS) is 27.7.